The summed E-state index contributed by atoms with van der Waals surface area (Å²) in [5.74, 6) is -0.652. The Bertz CT molecular complexity index is 810. The van der Waals surface area contributed by atoms with E-state index in [0.717, 1.165) is 17.5 Å². The Labute approximate surface area is 127 Å². The Morgan fingerprint density at radius 1 is 1.09 bits per heavy atom. The molecule has 0 radical (unpaired) electrons. The Hall–Kier alpha value is -2.62. The highest BCUT2D eigenvalue weighted by Gasteiger charge is 2.52. The molecule has 1 N–H and O–H groups in total. The highest BCUT2D eigenvalue weighted by atomic mass is 16.2. The van der Waals surface area contributed by atoms with Crippen LogP contribution in [-0.2, 0) is 10.3 Å². The van der Waals surface area contributed by atoms with Crippen LogP contribution in [0.25, 0.3) is 11.1 Å². The first kappa shape index (κ1) is 13.1. The van der Waals surface area contributed by atoms with Gasteiger partial charge in [-0.25, -0.2) is 0 Å². The minimum atomic E-state index is -0.676. The van der Waals surface area contributed by atoms with Gasteiger partial charge in [-0.15, -0.1) is 0 Å². The minimum Gasteiger partial charge on any atom is -0.515 e. The monoisotopic (exact) mass is 293 g/mol. The Morgan fingerprint density at radius 2 is 1.82 bits per heavy atom. The number of Topliss-reactive ketones (excluding diaryl/α,β-unsaturated/α-hetero) is 2. The Balaban J connectivity index is 1.93. The lowest BCUT2D eigenvalue weighted by molar-refractivity contribution is -0.128. The molecule has 4 rings (SSSR count). The quantitative estimate of drug-likeness (QED) is 0.499. The van der Waals surface area contributed by atoms with Gasteiger partial charge in [0.2, 0.25) is 5.78 Å². The highest BCUT2D eigenvalue weighted by molar-refractivity contribution is 6.30. The molecular formula is C18H15NO3. The van der Waals surface area contributed by atoms with Gasteiger partial charge in [0.05, 0.1) is 12.0 Å². The van der Waals surface area contributed by atoms with Crippen molar-refractivity contribution in [1.82, 2.24) is 4.57 Å². The lowest BCUT2D eigenvalue weighted by Crippen LogP contribution is -2.53. The predicted molar refractivity (Wildman–Crippen MR) is 81.7 cm³/mol. The largest absolute Gasteiger partial charge is 0.515 e. The van der Waals surface area contributed by atoms with Crippen LogP contribution < -0.4 is 0 Å². The number of rotatable bonds is 1. The molecule has 1 aromatic carbocycles. The standard InChI is InChI=1S/C18H15NO3/c20-11-14-16(21)15-9-13(12-5-2-1-3-6-12)10-19(15)18(17(14)22)7-4-8-18/h1-3,5-6,9-11,20H,4,7-8H2. The summed E-state index contributed by atoms with van der Waals surface area (Å²) in [7, 11) is 0. The molecule has 1 aromatic heterocycles. The molecule has 1 spiro atoms. The molecule has 0 bridgehead atoms. The molecule has 0 saturated heterocycles. The number of hydrogen-bond donors (Lipinski definition) is 1. The number of aliphatic hydroxyl groups is 1. The van der Waals surface area contributed by atoms with E-state index >= 15 is 0 Å². The van der Waals surface area contributed by atoms with Crippen molar-refractivity contribution in [2.24, 2.45) is 0 Å². The van der Waals surface area contributed by atoms with Gasteiger partial charge in [-0.2, -0.15) is 0 Å². The molecule has 4 nitrogen and oxygen atoms in total. The van der Waals surface area contributed by atoms with Crippen LogP contribution in [0, 0.1) is 0 Å². The molecule has 1 saturated carbocycles. The van der Waals surface area contributed by atoms with E-state index in [9.17, 15) is 14.7 Å². The van der Waals surface area contributed by atoms with E-state index in [-0.39, 0.29) is 11.4 Å². The molecular weight excluding hydrogens is 278 g/mol. The molecule has 1 fully saturated rings. The van der Waals surface area contributed by atoms with Crippen molar-refractivity contribution < 1.29 is 14.7 Å². The summed E-state index contributed by atoms with van der Waals surface area (Å²) in [4.78, 5) is 25.1. The van der Waals surface area contributed by atoms with Crippen LogP contribution in [0.1, 0.15) is 29.8 Å². The molecule has 4 heteroatoms. The molecule has 2 aliphatic rings. The second kappa shape index (κ2) is 4.44. The van der Waals surface area contributed by atoms with Gasteiger partial charge < -0.3 is 9.67 Å². The number of allylic oxidation sites excluding steroid dienone is 1. The third-order valence-electron chi connectivity index (χ3n) is 4.84. The lowest BCUT2D eigenvalue weighted by atomic mass is 9.69. The van der Waals surface area contributed by atoms with Gasteiger partial charge in [0.1, 0.15) is 11.1 Å². The van der Waals surface area contributed by atoms with Crippen molar-refractivity contribution in [1.29, 1.82) is 0 Å². The van der Waals surface area contributed by atoms with Crippen LogP contribution in [0.5, 0.6) is 0 Å². The first-order valence-electron chi connectivity index (χ1n) is 7.39. The number of benzene rings is 1. The Kier molecular flexibility index (Phi) is 2.64. The molecule has 0 amide bonds. The van der Waals surface area contributed by atoms with Crippen LogP contribution in [0.2, 0.25) is 0 Å². The summed E-state index contributed by atoms with van der Waals surface area (Å²) in [6.07, 6.45) is 4.95. The molecule has 22 heavy (non-hydrogen) atoms. The molecule has 0 unspecified atom stereocenters. The third kappa shape index (κ3) is 1.52. The number of nitrogens with zero attached hydrogens (tertiary/aromatic N) is 1. The van der Waals surface area contributed by atoms with E-state index in [0.29, 0.717) is 24.8 Å². The molecule has 2 heterocycles. The van der Waals surface area contributed by atoms with Crippen molar-refractivity contribution in [3.63, 3.8) is 0 Å². The van der Waals surface area contributed by atoms with E-state index in [1.165, 1.54) is 0 Å². The average Bonchev–Trinajstić information content (AvgIpc) is 2.93. The topological polar surface area (TPSA) is 59.3 Å². The maximum Gasteiger partial charge on any atom is 0.216 e. The van der Waals surface area contributed by atoms with Gasteiger partial charge in [-0.05, 0) is 30.9 Å². The zero-order chi connectivity index (χ0) is 15.3. The number of carbonyl (C=O) groups is 2. The fourth-order valence-electron chi connectivity index (χ4n) is 3.48. The van der Waals surface area contributed by atoms with Crippen molar-refractivity contribution in [3.8, 4) is 11.1 Å². The minimum absolute atomic E-state index is 0.0927. The number of ketones is 2. The zero-order valence-corrected chi connectivity index (χ0v) is 12.0. The van der Waals surface area contributed by atoms with Crippen LogP contribution in [0.4, 0.5) is 0 Å². The fraction of sp³-hybridized carbons (Fsp3) is 0.222. The Morgan fingerprint density at radius 3 is 2.41 bits per heavy atom. The molecule has 2 aromatic rings. The fourth-order valence-corrected chi connectivity index (χ4v) is 3.48. The smallest absolute Gasteiger partial charge is 0.216 e. The zero-order valence-electron chi connectivity index (χ0n) is 12.0. The van der Waals surface area contributed by atoms with Crippen LogP contribution in [-0.4, -0.2) is 21.2 Å². The van der Waals surface area contributed by atoms with E-state index in [4.69, 9.17) is 0 Å². The summed E-state index contributed by atoms with van der Waals surface area (Å²) in [6.45, 7) is 0. The van der Waals surface area contributed by atoms with Crippen molar-refractivity contribution in [2.45, 2.75) is 24.8 Å². The van der Waals surface area contributed by atoms with Crippen molar-refractivity contribution in [2.75, 3.05) is 0 Å². The second-order valence-electron chi connectivity index (χ2n) is 5.94. The number of hydrogen-bond acceptors (Lipinski definition) is 3. The number of fused-ring (bicyclic) bond motifs is 2. The normalized spacial score (nSPS) is 21.0. The summed E-state index contributed by atoms with van der Waals surface area (Å²) in [5, 5.41) is 9.32. The number of carbonyl (C=O) groups excluding carboxylic acids is 2. The highest BCUT2D eigenvalue weighted by Crippen LogP contribution is 2.47. The summed E-state index contributed by atoms with van der Waals surface area (Å²) >= 11 is 0. The summed E-state index contributed by atoms with van der Waals surface area (Å²) in [6, 6.07) is 11.6. The van der Waals surface area contributed by atoms with Crippen LogP contribution >= 0.6 is 0 Å². The van der Waals surface area contributed by atoms with Crippen molar-refractivity contribution >= 4 is 11.6 Å². The molecule has 0 atom stereocenters. The van der Waals surface area contributed by atoms with Gasteiger partial charge in [-0.3, -0.25) is 9.59 Å². The molecule has 1 aliphatic carbocycles. The van der Waals surface area contributed by atoms with E-state index in [1.807, 2.05) is 47.2 Å². The maximum atomic E-state index is 12.6. The van der Waals surface area contributed by atoms with Crippen LogP contribution in [0.3, 0.4) is 0 Å². The van der Waals surface area contributed by atoms with Crippen LogP contribution in [0.15, 0.2) is 54.4 Å². The predicted octanol–water partition coefficient (Wildman–Crippen LogP) is 3.24. The van der Waals surface area contributed by atoms with Gasteiger partial charge >= 0.3 is 0 Å². The SMILES string of the molecule is O=C1C(=CO)C(=O)C2(CCC2)n2cc(-c3ccccc3)cc21. The first-order valence-corrected chi connectivity index (χ1v) is 7.39. The molecule has 1 aliphatic heterocycles. The maximum absolute atomic E-state index is 12.6. The second-order valence-corrected chi connectivity index (χ2v) is 5.94. The lowest BCUT2D eigenvalue weighted by Gasteiger charge is -2.45. The van der Waals surface area contributed by atoms with Gasteiger partial charge in [-0.1, -0.05) is 30.3 Å². The van der Waals surface area contributed by atoms with Gasteiger partial charge in [0, 0.05) is 11.8 Å². The van der Waals surface area contributed by atoms with E-state index < -0.39 is 11.3 Å². The average molecular weight is 293 g/mol. The summed E-state index contributed by atoms with van der Waals surface area (Å²) in [5.41, 5.74) is 1.64. The molecule has 110 valence electrons. The van der Waals surface area contributed by atoms with Gasteiger partial charge in [0.25, 0.3) is 0 Å². The number of aliphatic hydroxyl groups excluding tert-OH is 1. The third-order valence-corrected chi connectivity index (χ3v) is 4.84. The van der Waals surface area contributed by atoms with E-state index in [2.05, 4.69) is 0 Å². The number of aromatic nitrogens is 1. The van der Waals surface area contributed by atoms with E-state index in [1.54, 1.807) is 0 Å². The van der Waals surface area contributed by atoms with Crippen molar-refractivity contribution in [3.05, 3.63) is 60.1 Å². The first-order chi connectivity index (χ1) is 10.7. The summed E-state index contributed by atoms with van der Waals surface area (Å²) < 4.78 is 1.83. The van der Waals surface area contributed by atoms with Gasteiger partial charge in [0.15, 0.2) is 5.78 Å².